The molecule has 14 nitrogen and oxygen atoms in total. The molecule has 1 aliphatic carbocycles. The molecule has 5 amide bonds. The molecule has 4 aliphatic rings. The van der Waals surface area contributed by atoms with Crippen LogP contribution in [0.3, 0.4) is 0 Å². The van der Waals surface area contributed by atoms with Gasteiger partial charge < -0.3 is 15.4 Å². The molecule has 3 aliphatic heterocycles. The van der Waals surface area contributed by atoms with Gasteiger partial charge in [-0.3, -0.25) is 38.7 Å². The summed E-state index contributed by atoms with van der Waals surface area (Å²) in [5, 5.41) is 17.3. The van der Waals surface area contributed by atoms with Gasteiger partial charge in [-0.15, -0.1) is 10.2 Å². The Morgan fingerprint density at radius 3 is 2.27 bits per heavy atom. The van der Waals surface area contributed by atoms with E-state index in [1.165, 1.54) is 17.0 Å². The summed E-state index contributed by atoms with van der Waals surface area (Å²) in [7, 11) is 0. The Balaban J connectivity index is 0.982. The molecule has 1 unspecified atom stereocenters. The predicted molar refractivity (Wildman–Crippen MR) is 183 cm³/mol. The number of piperazine rings is 1. The van der Waals surface area contributed by atoms with Gasteiger partial charge in [-0.2, -0.15) is 5.26 Å². The van der Waals surface area contributed by atoms with Crippen molar-refractivity contribution in [3.63, 3.8) is 0 Å². The Labute approximate surface area is 302 Å². The van der Waals surface area contributed by atoms with E-state index in [0.717, 1.165) is 11.0 Å². The van der Waals surface area contributed by atoms with Gasteiger partial charge >= 0.3 is 0 Å². The van der Waals surface area contributed by atoms with Gasteiger partial charge in [0.15, 0.2) is 11.5 Å². The molecule has 1 atom stereocenters. The number of primary amides is 1. The molecular weight excluding hydrogens is 695 g/mol. The number of rotatable bonds is 8. The second-order valence-electron chi connectivity index (χ2n) is 13.3. The predicted octanol–water partition coefficient (Wildman–Crippen LogP) is 3.07. The number of ether oxygens (including phenoxy) is 1. The molecule has 3 aromatic rings. The fourth-order valence-electron chi connectivity index (χ4n) is 7.41. The van der Waals surface area contributed by atoms with Crippen molar-refractivity contribution in [2.45, 2.75) is 63.3 Å². The van der Waals surface area contributed by atoms with E-state index in [2.05, 4.69) is 10.2 Å². The highest BCUT2D eigenvalue weighted by Gasteiger charge is 2.49. The minimum absolute atomic E-state index is 0.00715. The van der Waals surface area contributed by atoms with Gasteiger partial charge in [0.25, 0.3) is 23.6 Å². The molecule has 1 saturated carbocycles. The minimum atomic E-state index is -1.18. The number of benzene rings is 2. The van der Waals surface area contributed by atoms with E-state index in [4.69, 9.17) is 27.3 Å². The molecular formula is C36H34ClFN8O6. The topological polar surface area (TPSA) is 183 Å². The van der Waals surface area contributed by atoms with E-state index in [0.29, 0.717) is 69.0 Å². The van der Waals surface area contributed by atoms with E-state index < -0.39 is 41.5 Å². The van der Waals surface area contributed by atoms with Crippen LogP contribution in [0.5, 0.6) is 5.75 Å². The number of fused-ring (bicyclic) bond motifs is 1. The van der Waals surface area contributed by atoms with E-state index in [-0.39, 0.29) is 58.8 Å². The smallest absolute Gasteiger partial charge is 0.269 e. The number of piperidine rings is 1. The number of hydrogen-bond donors (Lipinski definition) is 1. The molecule has 0 bridgehead atoms. The van der Waals surface area contributed by atoms with E-state index >= 15 is 4.39 Å². The Bertz CT molecular complexity index is 2010. The molecule has 4 heterocycles. The molecule has 2 N–H and O–H groups in total. The van der Waals surface area contributed by atoms with Crippen molar-refractivity contribution < 1.29 is 33.1 Å². The molecule has 52 heavy (non-hydrogen) atoms. The monoisotopic (exact) mass is 728 g/mol. The van der Waals surface area contributed by atoms with E-state index in [1.807, 2.05) is 15.9 Å². The SMILES string of the molecule is N#Cc1ccc(OC2CCC(N3C(=O)CCC(N4C(=O)c5cc(F)c(CN6CCN(c7ccc(C(N)=O)nn7)CC6)cc5C4=O)C3=O)CC2)cc1Cl. The summed E-state index contributed by atoms with van der Waals surface area (Å²) in [6.45, 7) is 2.40. The summed E-state index contributed by atoms with van der Waals surface area (Å²) in [5.41, 5.74) is 5.82. The van der Waals surface area contributed by atoms with E-state index in [1.54, 1.807) is 24.3 Å². The highest BCUT2D eigenvalue weighted by molar-refractivity contribution is 6.31. The van der Waals surface area contributed by atoms with Crippen LogP contribution in [0.25, 0.3) is 0 Å². The van der Waals surface area contributed by atoms with Gasteiger partial charge in [-0.1, -0.05) is 11.6 Å². The number of amides is 5. The summed E-state index contributed by atoms with van der Waals surface area (Å²) < 4.78 is 21.5. The second-order valence-corrected chi connectivity index (χ2v) is 13.7. The number of aromatic nitrogens is 2. The zero-order valence-electron chi connectivity index (χ0n) is 28.0. The third kappa shape index (κ3) is 6.67. The number of nitrogens with zero attached hydrogens (tertiary/aromatic N) is 7. The van der Waals surface area contributed by atoms with Crippen molar-refractivity contribution in [2.24, 2.45) is 5.73 Å². The highest BCUT2D eigenvalue weighted by atomic mass is 35.5. The summed E-state index contributed by atoms with van der Waals surface area (Å²) in [4.78, 5) is 71.7. The van der Waals surface area contributed by atoms with Crippen molar-refractivity contribution >= 4 is 47.0 Å². The quantitative estimate of drug-likeness (QED) is 0.337. The van der Waals surface area contributed by atoms with Crippen LogP contribution >= 0.6 is 11.6 Å². The van der Waals surface area contributed by atoms with Gasteiger partial charge in [-0.05, 0) is 68.5 Å². The third-order valence-electron chi connectivity index (χ3n) is 10.2. The highest BCUT2D eigenvalue weighted by Crippen LogP contribution is 2.35. The number of anilines is 1. The number of nitrogens with two attached hydrogens (primary N) is 1. The largest absolute Gasteiger partial charge is 0.490 e. The normalized spacial score (nSPS) is 22.4. The Morgan fingerprint density at radius 2 is 1.63 bits per heavy atom. The third-order valence-corrected chi connectivity index (χ3v) is 10.5. The lowest BCUT2D eigenvalue weighted by atomic mass is 9.89. The van der Waals surface area contributed by atoms with Gasteiger partial charge in [0, 0.05) is 56.8 Å². The summed E-state index contributed by atoms with van der Waals surface area (Å²) in [5.74, 6) is -2.60. The first-order chi connectivity index (χ1) is 25.0. The maximum atomic E-state index is 15.4. The van der Waals surface area contributed by atoms with Crippen LogP contribution in [0.15, 0.2) is 42.5 Å². The average Bonchev–Trinajstić information content (AvgIpc) is 3.37. The Hall–Kier alpha value is -5.46. The van der Waals surface area contributed by atoms with Gasteiger partial charge in [0.05, 0.1) is 27.8 Å². The lowest BCUT2D eigenvalue weighted by molar-refractivity contribution is -0.155. The van der Waals surface area contributed by atoms with Crippen LogP contribution in [0.1, 0.15) is 80.9 Å². The van der Waals surface area contributed by atoms with Gasteiger partial charge in [0.2, 0.25) is 5.91 Å². The summed E-state index contributed by atoms with van der Waals surface area (Å²) >= 11 is 6.14. The number of hydrogen-bond acceptors (Lipinski definition) is 11. The average molecular weight is 729 g/mol. The van der Waals surface area contributed by atoms with Crippen molar-refractivity contribution in [3.05, 3.63) is 81.3 Å². The minimum Gasteiger partial charge on any atom is -0.490 e. The molecule has 268 valence electrons. The zero-order chi connectivity index (χ0) is 36.7. The van der Waals surface area contributed by atoms with Crippen molar-refractivity contribution in [1.29, 1.82) is 5.26 Å². The standard InChI is InChI=1S/C36H34ClFN8O6/c37-27-16-24(4-1-20(27)18-39)52-23-5-2-22(3-6-23)45-32(47)10-8-30(36(45)51)46-34(49)25-15-21(28(38)17-26(25)35(46)50)19-43-11-13-44(14-12-43)31-9-7-29(33(40)48)41-42-31/h1,4,7,9,15-17,22-23,30H,2-3,5-6,8,10-14,19H2,(H2,40,48). The van der Waals surface area contributed by atoms with Crippen LogP contribution in [-0.4, -0.2) is 98.8 Å². The lowest BCUT2D eigenvalue weighted by Crippen LogP contribution is -2.59. The zero-order valence-corrected chi connectivity index (χ0v) is 28.7. The first kappa shape index (κ1) is 35.0. The molecule has 1 aromatic heterocycles. The maximum absolute atomic E-state index is 15.4. The van der Waals surface area contributed by atoms with Crippen LogP contribution in [-0.2, 0) is 16.1 Å². The van der Waals surface area contributed by atoms with Crippen LogP contribution < -0.4 is 15.4 Å². The maximum Gasteiger partial charge on any atom is 0.269 e. The first-order valence-corrected chi connectivity index (χ1v) is 17.4. The lowest BCUT2D eigenvalue weighted by Gasteiger charge is -2.41. The fourth-order valence-corrected chi connectivity index (χ4v) is 7.63. The number of halogens is 2. The molecule has 16 heteroatoms. The molecule has 2 saturated heterocycles. The van der Waals surface area contributed by atoms with Crippen molar-refractivity contribution in [2.75, 3.05) is 31.1 Å². The number of carbonyl (C=O) groups is 5. The van der Waals surface area contributed by atoms with E-state index in [9.17, 15) is 24.0 Å². The number of nitriles is 1. The molecule has 0 spiro atoms. The fraction of sp³-hybridized carbons (Fsp3) is 0.389. The van der Waals surface area contributed by atoms with Crippen molar-refractivity contribution in [1.82, 2.24) is 24.9 Å². The Kier molecular flexibility index (Phi) is 9.60. The molecule has 2 aromatic carbocycles. The van der Waals surface area contributed by atoms with Crippen LogP contribution in [0.4, 0.5) is 10.2 Å². The number of carbonyl (C=O) groups excluding carboxylic acids is 5. The number of likely N-dealkylation sites (tertiary alicyclic amines) is 1. The first-order valence-electron chi connectivity index (χ1n) is 17.1. The second kappa shape index (κ2) is 14.3. The summed E-state index contributed by atoms with van der Waals surface area (Å²) in [6, 6.07) is 10.9. The Morgan fingerprint density at radius 1 is 0.923 bits per heavy atom. The molecule has 3 fully saturated rings. The van der Waals surface area contributed by atoms with Crippen molar-refractivity contribution in [3.8, 4) is 11.8 Å². The van der Waals surface area contributed by atoms with Gasteiger partial charge in [-0.25, -0.2) is 4.39 Å². The van der Waals surface area contributed by atoms with Crippen LogP contribution in [0, 0.1) is 17.1 Å². The van der Waals surface area contributed by atoms with Gasteiger partial charge in [0.1, 0.15) is 23.7 Å². The molecule has 7 rings (SSSR count). The number of imide groups is 2. The molecule has 0 radical (unpaired) electrons. The summed E-state index contributed by atoms with van der Waals surface area (Å²) in [6.07, 6.45) is 1.82. The van der Waals surface area contributed by atoms with Crippen LogP contribution in [0.2, 0.25) is 5.02 Å².